The van der Waals surface area contributed by atoms with Crippen LogP contribution >= 0.6 is 0 Å². The first-order valence-corrected chi connectivity index (χ1v) is 7.95. The van der Waals surface area contributed by atoms with Gasteiger partial charge in [-0.25, -0.2) is 4.79 Å². The molecule has 0 radical (unpaired) electrons. The number of esters is 1. The number of hydrogen-bond donors (Lipinski definition) is 1. The molecule has 2 aromatic rings. The lowest BCUT2D eigenvalue weighted by atomic mass is 10.2. The Balaban J connectivity index is 1.54. The quantitative estimate of drug-likeness (QED) is 0.560. The third kappa shape index (κ3) is 7.05. The first-order valence-electron chi connectivity index (χ1n) is 7.95. The van der Waals surface area contributed by atoms with Crippen molar-refractivity contribution in [3.05, 3.63) is 60.2 Å². The highest BCUT2D eigenvalue weighted by Crippen LogP contribution is 2.15. The highest BCUT2D eigenvalue weighted by Gasteiger charge is 2.05. The van der Waals surface area contributed by atoms with E-state index in [1.165, 1.54) is 6.92 Å². The molecule has 0 aliphatic carbocycles. The van der Waals surface area contributed by atoms with E-state index in [9.17, 15) is 9.59 Å². The SMILES string of the molecule is CC(=O)Nc1ccc(OCCOCCOC(=O)c2ccccc2)cc1. The number of benzene rings is 2. The van der Waals surface area contributed by atoms with Crippen molar-refractivity contribution >= 4 is 17.6 Å². The fourth-order valence-corrected chi connectivity index (χ4v) is 2.01. The van der Waals surface area contributed by atoms with Gasteiger partial charge in [0.15, 0.2) is 0 Å². The van der Waals surface area contributed by atoms with Gasteiger partial charge in [-0.15, -0.1) is 0 Å². The van der Waals surface area contributed by atoms with Gasteiger partial charge >= 0.3 is 5.97 Å². The van der Waals surface area contributed by atoms with Crippen molar-refractivity contribution in [2.75, 3.05) is 31.7 Å². The third-order valence-electron chi connectivity index (χ3n) is 3.14. The molecule has 0 aliphatic heterocycles. The lowest BCUT2D eigenvalue weighted by Gasteiger charge is -2.09. The smallest absolute Gasteiger partial charge is 0.338 e. The summed E-state index contributed by atoms with van der Waals surface area (Å²) < 4.78 is 16.0. The molecule has 0 atom stereocenters. The number of anilines is 1. The summed E-state index contributed by atoms with van der Waals surface area (Å²) in [6.07, 6.45) is 0. The van der Waals surface area contributed by atoms with Gasteiger partial charge in [0.25, 0.3) is 0 Å². The second-order valence-corrected chi connectivity index (χ2v) is 5.17. The number of rotatable bonds is 9. The van der Waals surface area contributed by atoms with Crippen LogP contribution < -0.4 is 10.1 Å². The van der Waals surface area contributed by atoms with E-state index in [1.54, 1.807) is 48.5 Å². The van der Waals surface area contributed by atoms with Gasteiger partial charge in [0.1, 0.15) is 19.0 Å². The molecular formula is C19H21NO5. The van der Waals surface area contributed by atoms with Crippen LogP contribution in [0.4, 0.5) is 5.69 Å². The maximum atomic E-state index is 11.7. The molecule has 1 N–H and O–H groups in total. The first kappa shape index (κ1) is 18.5. The Morgan fingerprint density at radius 1 is 0.880 bits per heavy atom. The molecule has 0 heterocycles. The Hall–Kier alpha value is -2.86. The van der Waals surface area contributed by atoms with Crippen molar-refractivity contribution in [2.24, 2.45) is 0 Å². The Morgan fingerprint density at radius 2 is 1.56 bits per heavy atom. The molecule has 2 aromatic carbocycles. The molecule has 1 amide bonds. The minimum Gasteiger partial charge on any atom is -0.491 e. The average molecular weight is 343 g/mol. The molecule has 0 saturated carbocycles. The fraction of sp³-hybridized carbons (Fsp3) is 0.263. The molecule has 0 fully saturated rings. The van der Waals surface area contributed by atoms with Crippen molar-refractivity contribution in [2.45, 2.75) is 6.92 Å². The molecule has 0 saturated heterocycles. The van der Waals surface area contributed by atoms with E-state index in [2.05, 4.69) is 5.32 Å². The minimum absolute atomic E-state index is 0.116. The van der Waals surface area contributed by atoms with Gasteiger partial charge < -0.3 is 19.5 Å². The first-order chi connectivity index (χ1) is 12.1. The van der Waals surface area contributed by atoms with Gasteiger partial charge in [-0.3, -0.25) is 4.79 Å². The van der Waals surface area contributed by atoms with Gasteiger partial charge in [-0.1, -0.05) is 18.2 Å². The molecule has 25 heavy (non-hydrogen) atoms. The minimum atomic E-state index is -0.361. The predicted octanol–water partition coefficient (Wildman–Crippen LogP) is 2.90. The molecule has 0 aliphatic rings. The van der Waals surface area contributed by atoms with Gasteiger partial charge in [0.05, 0.1) is 18.8 Å². The van der Waals surface area contributed by atoms with Crippen molar-refractivity contribution in [1.29, 1.82) is 0 Å². The summed E-state index contributed by atoms with van der Waals surface area (Å²) in [5.41, 5.74) is 1.24. The van der Waals surface area contributed by atoms with Crippen LogP contribution in [-0.2, 0) is 14.3 Å². The maximum Gasteiger partial charge on any atom is 0.338 e. The lowest BCUT2D eigenvalue weighted by molar-refractivity contribution is -0.114. The summed E-state index contributed by atoms with van der Waals surface area (Å²) >= 11 is 0. The van der Waals surface area contributed by atoms with E-state index in [0.29, 0.717) is 31.1 Å². The molecule has 0 aromatic heterocycles. The second kappa shape index (κ2) is 10.1. The predicted molar refractivity (Wildman–Crippen MR) is 93.8 cm³/mol. The molecule has 132 valence electrons. The Morgan fingerprint density at radius 3 is 2.24 bits per heavy atom. The number of carbonyl (C=O) groups excluding carboxylic acids is 2. The topological polar surface area (TPSA) is 73.9 Å². The standard InChI is InChI=1S/C19H21NO5/c1-15(21)20-17-7-9-18(10-8-17)24-13-11-23-12-14-25-19(22)16-5-3-2-4-6-16/h2-10H,11-14H2,1H3,(H,20,21). The van der Waals surface area contributed by atoms with E-state index >= 15 is 0 Å². The van der Waals surface area contributed by atoms with Crippen LogP contribution in [0.1, 0.15) is 17.3 Å². The summed E-state index contributed by atoms with van der Waals surface area (Å²) in [5, 5.41) is 2.68. The zero-order valence-electron chi connectivity index (χ0n) is 14.1. The zero-order valence-corrected chi connectivity index (χ0v) is 14.1. The van der Waals surface area contributed by atoms with E-state index in [4.69, 9.17) is 14.2 Å². The highest BCUT2D eigenvalue weighted by atomic mass is 16.6. The molecule has 2 rings (SSSR count). The van der Waals surface area contributed by atoms with Crippen molar-refractivity contribution in [3.63, 3.8) is 0 Å². The van der Waals surface area contributed by atoms with Crippen LogP contribution in [0, 0.1) is 0 Å². The Labute approximate surface area is 146 Å². The summed E-state index contributed by atoms with van der Waals surface area (Å²) in [6.45, 7) is 2.73. The van der Waals surface area contributed by atoms with Gasteiger partial charge in [0.2, 0.25) is 5.91 Å². The van der Waals surface area contributed by atoms with E-state index < -0.39 is 0 Å². The normalized spacial score (nSPS) is 10.1. The van der Waals surface area contributed by atoms with Crippen LogP contribution in [0.3, 0.4) is 0 Å². The number of ether oxygens (including phenoxy) is 3. The summed E-state index contributed by atoms with van der Waals surface area (Å²) in [7, 11) is 0. The Kier molecular flexibility index (Phi) is 7.46. The van der Waals surface area contributed by atoms with Crippen LogP contribution in [-0.4, -0.2) is 38.3 Å². The van der Waals surface area contributed by atoms with Crippen molar-refractivity contribution in [3.8, 4) is 5.75 Å². The molecule has 6 heteroatoms. The highest BCUT2D eigenvalue weighted by molar-refractivity contribution is 5.89. The van der Waals surface area contributed by atoms with E-state index in [0.717, 1.165) is 5.69 Å². The molecule has 6 nitrogen and oxygen atoms in total. The maximum absolute atomic E-state index is 11.7. The van der Waals surface area contributed by atoms with Gasteiger partial charge in [0, 0.05) is 12.6 Å². The van der Waals surface area contributed by atoms with Gasteiger partial charge in [-0.2, -0.15) is 0 Å². The van der Waals surface area contributed by atoms with Crippen molar-refractivity contribution in [1.82, 2.24) is 0 Å². The van der Waals surface area contributed by atoms with Gasteiger partial charge in [-0.05, 0) is 36.4 Å². The third-order valence-corrected chi connectivity index (χ3v) is 3.14. The molecule has 0 unspecified atom stereocenters. The van der Waals surface area contributed by atoms with Crippen LogP contribution in [0.25, 0.3) is 0 Å². The number of amides is 1. The Bertz CT molecular complexity index is 670. The molecule has 0 bridgehead atoms. The van der Waals surface area contributed by atoms with Crippen LogP contribution in [0.2, 0.25) is 0 Å². The number of nitrogens with one attached hydrogen (secondary N) is 1. The fourth-order valence-electron chi connectivity index (χ4n) is 2.01. The molecule has 0 spiro atoms. The number of carbonyl (C=O) groups is 2. The van der Waals surface area contributed by atoms with Crippen LogP contribution in [0.15, 0.2) is 54.6 Å². The number of hydrogen-bond acceptors (Lipinski definition) is 5. The summed E-state index contributed by atoms with van der Waals surface area (Å²) in [5.74, 6) is 0.211. The lowest BCUT2D eigenvalue weighted by Crippen LogP contribution is -2.13. The zero-order chi connectivity index (χ0) is 17.9. The molecular weight excluding hydrogens is 322 g/mol. The van der Waals surface area contributed by atoms with Crippen LogP contribution in [0.5, 0.6) is 5.75 Å². The average Bonchev–Trinajstić information content (AvgIpc) is 2.62. The van der Waals surface area contributed by atoms with E-state index in [-0.39, 0.29) is 18.5 Å². The monoisotopic (exact) mass is 343 g/mol. The second-order valence-electron chi connectivity index (χ2n) is 5.17. The van der Waals surface area contributed by atoms with E-state index in [1.807, 2.05) is 6.07 Å². The largest absolute Gasteiger partial charge is 0.491 e. The summed E-state index contributed by atoms with van der Waals surface area (Å²) in [4.78, 5) is 22.6. The van der Waals surface area contributed by atoms with Crippen molar-refractivity contribution < 1.29 is 23.8 Å². The summed E-state index contributed by atoms with van der Waals surface area (Å²) in [6, 6.07) is 15.9.